The molecule has 2 N–H and O–H groups in total. The van der Waals surface area contributed by atoms with E-state index in [1.165, 1.54) is 4.90 Å². The molecule has 0 saturated carbocycles. The molecular formula is C32H33NO5S2. The lowest BCUT2D eigenvalue weighted by atomic mass is 9.93. The molecule has 1 atom stereocenters. The highest BCUT2D eigenvalue weighted by Gasteiger charge is 2.22. The number of carbonyl (C=O) groups is 2. The molecule has 0 aliphatic rings. The van der Waals surface area contributed by atoms with Crippen LogP contribution in [-0.2, 0) is 22.7 Å². The number of ether oxygens (including phenoxy) is 1. The van der Waals surface area contributed by atoms with E-state index in [4.69, 9.17) is 9.15 Å². The molecule has 0 unspecified atom stereocenters. The van der Waals surface area contributed by atoms with Gasteiger partial charge in [0.1, 0.15) is 24.2 Å². The molecule has 0 bridgehead atoms. The third-order valence-corrected chi connectivity index (χ3v) is 7.91. The maximum atomic E-state index is 13.3. The Morgan fingerprint density at radius 1 is 0.950 bits per heavy atom. The summed E-state index contributed by atoms with van der Waals surface area (Å²) >= 11 is 3.24. The Kier molecular flexibility index (Phi) is 10.5. The van der Waals surface area contributed by atoms with Crippen LogP contribution < -0.4 is 5.32 Å². The van der Waals surface area contributed by atoms with Gasteiger partial charge in [0, 0.05) is 16.0 Å². The highest BCUT2D eigenvalue weighted by Crippen LogP contribution is 2.29. The van der Waals surface area contributed by atoms with E-state index >= 15 is 0 Å². The van der Waals surface area contributed by atoms with Crippen LogP contribution in [-0.4, -0.2) is 41.3 Å². The molecule has 0 aliphatic heterocycles. The zero-order chi connectivity index (χ0) is 28.5. The molecular weight excluding hydrogens is 542 g/mol. The number of hydrogen-bond donors (Lipinski definition) is 2. The van der Waals surface area contributed by atoms with Crippen molar-refractivity contribution in [1.29, 1.82) is 0 Å². The fourth-order valence-electron chi connectivity index (χ4n) is 4.34. The maximum absolute atomic E-state index is 13.3. The van der Waals surface area contributed by atoms with Gasteiger partial charge in [0.05, 0.1) is 6.61 Å². The summed E-state index contributed by atoms with van der Waals surface area (Å²) in [6, 6.07) is 24.5. The molecule has 208 valence electrons. The standard InChI is InChI=1S/C32H33NO5S2/c1-21-6-4-5-7-26(21)28-18-22(8-14-27(28)31(34)33-29(32(35)36)16-17-39-2)19-37-20-24-11-15-30(38-24)23-9-12-25(40-3)13-10-23/h4-15,18,29H,16-17,19-20H2,1-3H3,(H,33,34)(H,35,36)/t29-/m0/s1. The lowest BCUT2D eigenvalue weighted by Crippen LogP contribution is -2.41. The van der Waals surface area contributed by atoms with Crippen molar-refractivity contribution in [1.82, 2.24) is 5.32 Å². The number of benzene rings is 3. The Morgan fingerprint density at radius 3 is 2.42 bits per heavy atom. The summed E-state index contributed by atoms with van der Waals surface area (Å²) in [5.74, 6) is 0.708. The summed E-state index contributed by atoms with van der Waals surface area (Å²) in [7, 11) is 0. The summed E-state index contributed by atoms with van der Waals surface area (Å²) in [4.78, 5) is 26.2. The summed E-state index contributed by atoms with van der Waals surface area (Å²) in [6.45, 7) is 2.62. The molecule has 8 heteroatoms. The molecule has 1 aromatic heterocycles. The van der Waals surface area contributed by atoms with E-state index in [2.05, 4.69) is 17.4 Å². The second kappa shape index (κ2) is 14.3. The fraction of sp³-hybridized carbons (Fsp3) is 0.250. The molecule has 0 aliphatic carbocycles. The lowest BCUT2D eigenvalue weighted by Gasteiger charge is -2.17. The number of nitrogens with one attached hydrogen (secondary N) is 1. The molecule has 0 radical (unpaired) electrons. The largest absolute Gasteiger partial charge is 0.480 e. The monoisotopic (exact) mass is 575 g/mol. The van der Waals surface area contributed by atoms with Gasteiger partial charge in [-0.05, 0) is 90.3 Å². The van der Waals surface area contributed by atoms with Crippen molar-refractivity contribution in [2.24, 2.45) is 0 Å². The average molecular weight is 576 g/mol. The molecule has 4 rings (SSSR count). The van der Waals surface area contributed by atoms with E-state index in [-0.39, 0.29) is 0 Å². The Hall–Kier alpha value is -3.46. The van der Waals surface area contributed by atoms with Gasteiger partial charge < -0.3 is 19.6 Å². The minimum Gasteiger partial charge on any atom is -0.480 e. The predicted octanol–water partition coefficient (Wildman–Crippen LogP) is 7.30. The minimum atomic E-state index is -1.04. The van der Waals surface area contributed by atoms with Crippen LogP contribution in [0.3, 0.4) is 0 Å². The number of aliphatic carboxylic acids is 1. The van der Waals surface area contributed by atoms with Gasteiger partial charge in [-0.2, -0.15) is 11.8 Å². The number of aryl methyl sites for hydroxylation is 1. The van der Waals surface area contributed by atoms with Crippen molar-refractivity contribution < 1.29 is 23.8 Å². The Balaban J connectivity index is 1.49. The second-order valence-corrected chi connectivity index (χ2v) is 11.2. The number of carbonyl (C=O) groups excluding carboxylic acids is 1. The van der Waals surface area contributed by atoms with Gasteiger partial charge in [-0.3, -0.25) is 4.79 Å². The number of carboxylic acids is 1. The van der Waals surface area contributed by atoms with Gasteiger partial charge in [0.25, 0.3) is 5.91 Å². The van der Waals surface area contributed by atoms with Crippen molar-refractivity contribution in [3.63, 3.8) is 0 Å². The maximum Gasteiger partial charge on any atom is 0.326 e. The highest BCUT2D eigenvalue weighted by molar-refractivity contribution is 7.98. The molecule has 1 amide bonds. The van der Waals surface area contributed by atoms with Crippen molar-refractivity contribution in [2.75, 3.05) is 18.3 Å². The summed E-state index contributed by atoms with van der Waals surface area (Å²) in [5.41, 5.74) is 5.00. The van der Waals surface area contributed by atoms with Gasteiger partial charge >= 0.3 is 5.97 Å². The molecule has 1 heterocycles. The van der Waals surface area contributed by atoms with E-state index in [1.54, 1.807) is 29.6 Å². The van der Waals surface area contributed by atoms with Gasteiger partial charge in [-0.1, -0.05) is 42.5 Å². The third kappa shape index (κ3) is 7.59. The summed E-state index contributed by atoms with van der Waals surface area (Å²) in [6.07, 6.45) is 4.31. The van der Waals surface area contributed by atoms with Crippen LogP contribution in [0, 0.1) is 6.92 Å². The van der Waals surface area contributed by atoms with Crippen molar-refractivity contribution >= 4 is 35.4 Å². The van der Waals surface area contributed by atoms with Gasteiger partial charge in [0.2, 0.25) is 0 Å². The third-order valence-electron chi connectivity index (χ3n) is 6.53. The van der Waals surface area contributed by atoms with Crippen LogP contribution >= 0.6 is 23.5 Å². The number of furan rings is 1. The first-order valence-electron chi connectivity index (χ1n) is 12.9. The lowest BCUT2D eigenvalue weighted by molar-refractivity contribution is -0.139. The number of amides is 1. The smallest absolute Gasteiger partial charge is 0.326 e. The number of hydrogen-bond acceptors (Lipinski definition) is 6. The minimum absolute atomic E-state index is 0.306. The van der Waals surface area contributed by atoms with Crippen LogP contribution in [0.1, 0.15) is 33.7 Å². The quantitative estimate of drug-likeness (QED) is 0.162. The predicted molar refractivity (Wildman–Crippen MR) is 163 cm³/mol. The highest BCUT2D eigenvalue weighted by atomic mass is 32.2. The van der Waals surface area contributed by atoms with Crippen LogP contribution in [0.25, 0.3) is 22.5 Å². The Labute approximate surface area is 243 Å². The summed E-state index contributed by atoms with van der Waals surface area (Å²) in [5, 5.41) is 12.3. The van der Waals surface area contributed by atoms with Crippen LogP contribution in [0.4, 0.5) is 0 Å². The van der Waals surface area contributed by atoms with Gasteiger partial charge in [-0.15, -0.1) is 11.8 Å². The molecule has 0 fully saturated rings. The normalized spacial score (nSPS) is 11.8. The second-order valence-electron chi connectivity index (χ2n) is 9.33. The molecule has 0 spiro atoms. The van der Waals surface area contributed by atoms with Gasteiger partial charge in [-0.25, -0.2) is 4.79 Å². The number of rotatable bonds is 13. The van der Waals surface area contributed by atoms with E-state index < -0.39 is 17.9 Å². The number of thioether (sulfide) groups is 2. The van der Waals surface area contributed by atoms with E-state index in [0.29, 0.717) is 31.0 Å². The first-order chi connectivity index (χ1) is 19.4. The fourth-order valence-corrected chi connectivity index (χ4v) is 5.22. The van der Waals surface area contributed by atoms with Crippen LogP contribution in [0.5, 0.6) is 0 Å². The summed E-state index contributed by atoms with van der Waals surface area (Å²) < 4.78 is 12.0. The molecule has 40 heavy (non-hydrogen) atoms. The SMILES string of the molecule is CSCC[C@H](NC(=O)c1ccc(COCc2ccc(-c3ccc(SC)cc3)o2)cc1-c1ccccc1C)C(=O)O. The van der Waals surface area contributed by atoms with E-state index in [1.807, 2.05) is 80.1 Å². The first kappa shape index (κ1) is 29.5. The van der Waals surface area contributed by atoms with Crippen LogP contribution in [0.15, 0.2) is 88.2 Å². The van der Waals surface area contributed by atoms with Crippen molar-refractivity contribution in [2.45, 2.75) is 37.5 Å². The zero-order valence-corrected chi connectivity index (χ0v) is 24.4. The van der Waals surface area contributed by atoms with Gasteiger partial charge in [0.15, 0.2) is 0 Å². The Bertz CT molecular complexity index is 1450. The average Bonchev–Trinajstić information content (AvgIpc) is 3.44. The molecule has 3 aromatic carbocycles. The Morgan fingerprint density at radius 2 is 1.73 bits per heavy atom. The molecule has 6 nitrogen and oxygen atoms in total. The topological polar surface area (TPSA) is 88.8 Å². The van der Waals surface area contributed by atoms with Crippen molar-refractivity contribution in [3.8, 4) is 22.5 Å². The number of carboxylic acid groups (broad SMARTS) is 1. The zero-order valence-electron chi connectivity index (χ0n) is 22.8. The molecule has 4 aromatic rings. The van der Waals surface area contributed by atoms with Crippen molar-refractivity contribution in [3.05, 3.63) is 101 Å². The molecule has 0 saturated heterocycles. The first-order valence-corrected chi connectivity index (χ1v) is 15.5. The van der Waals surface area contributed by atoms with Crippen LogP contribution in [0.2, 0.25) is 0 Å². The van der Waals surface area contributed by atoms with E-state index in [9.17, 15) is 14.7 Å². The van der Waals surface area contributed by atoms with E-state index in [0.717, 1.165) is 39.3 Å².